The predicted molar refractivity (Wildman–Crippen MR) is 91.7 cm³/mol. The van der Waals surface area contributed by atoms with Crippen molar-refractivity contribution in [3.63, 3.8) is 0 Å². The number of fused-ring (bicyclic) bond motifs is 4. The molecule has 8 heteroatoms. The van der Waals surface area contributed by atoms with Crippen LogP contribution in [0.2, 0.25) is 0 Å². The van der Waals surface area contributed by atoms with Gasteiger partial charge in [-0.3, -0.25) is 4.98 Å². The van der Waals surface area contributed by atoms with Crippen molar-refractivity contribution in [2.75, 3.05) is 0 Å². The summed E-state index contributed by atoms with van der Waals surface area (Å²) in [5, 5.41) is 9.00. The molecule has 1 fully saturated rings. The standard InChI is InChI=1S/C18H20N6O2/c1-18(2,3)17-21-16(23-26-17)14-11-8-10-4-5-12(25-10)15(11)24(22-14)13-9-19-6-7-20-13/h6-7,9-10,12H,4-5,8H2,1-3H3. The van der Waals surface area contributed by atoms with Gasteiger partial charge in [0.15, 0.2) is 5.82 Å². The van der Waals surface area contributed by atoms with Crippen LogP contribution in [0.3, 0.4) is 0 Å². The van der Waals surface area contributed by atoms with E-state index in [1.165, 1.54) is 0 Å². The summed E-state index contributed by atoms with van der Waals surface area (Å²) in [5.41, 5.74) is 2.72. The van der Waals surface area contributed by atoms with E-state index in [1.807, 2.05) is 25.5 Å². The van der Waals surface area contributed by atoms with Gasteiger partial charge in [0.25, 0.3) is 0 Å². The molecule has 8 nitrogen and oxygen atoms in total. The Balaban J connectivity index is 1.69. The van der Waals surface area contributed by atoms with Gasteiger partial charge in [-0.05, 0) is 12.8 Å². The Bertz CT molecular complexity index is 956. The van der Waals surface area contributed by atoms with E-state index in [1.54, 1.807) is 18.6 Å². The lowest BCUT2D eigenvalue weighted by Crippen LogP contribution is -2.19. The molecule has 0 spiro atoms. The molecule has 26 heavy (non-hydrogen) atoms. The second-order valence-electron chi connectivity index (χ2n) is 7.89. The normalized spacial score (nSPS) is 21.8. The molecule has 2 unspecified atom stereocenters. The Labute approximate surface area is 150 Å². The van der Waals surface area contributed by atoms with E-state index in [2.05, 4.69) is 20.1 Å². The maximum atomic E-state index is 6.12. The van der Waals surface area contributed by atoms with Gasteiger partial charge in [0.2, 0.25) is 11.7 Å². The third-order valence-corrected chi connectivity index (χ3v) is 4.91. The summed E-state index contributed by atoms with van der Waals surface area (Å²) < 4.78 is 13.4. The van der Waals surface area contributed by atoms with Crippen molar-refractivity contribution in [3.8, 4) is 17.3 Å². The monoisotopic (exact) mass is 352 g/mol. The molecular formula is C18H20N6O2. The highest BCUT2D eigenvalue weighted by Gasteiger charge is 2.40. The molecule has 134 valence electrons. The fraction of sp³-hybridized carbons (Fsp3) is 0.500. The molecule has 3 aromatic rings. The number of ether oxygens (including phenoxy) is 1. The smallest absolute Gasteiger partial charge is 0.232 e. The summed E-state index contributed by atoms with van der Waals surface area (Å²) in [4.78, 5) is 13.2. The van der Waals surface area contributed by atoms with Gasteiger partial charge in [0.05, 0.1) is 18.0 Å². The van der Waals surface area contributed by atoms with Crippen molar-refractivity contribution in [2.45, 2.75) is 57.7 Å². The molecule has 3 aromatic heterocycles. The first-order valence-electron chi connectivity index (χ1n) is 8.89. The lowest BCUT2D eigenvalue weighted by Gasteiger charge is -2.22. The highest BCUT2D eigenvalue weighted by atomic mass is 16.5. The van der Waals surface area contributed by atoms with Crippen LogP contribution in [0.4, 0.5) is 0 Å². The molecule has 5 rings (SSSR count). The summed E-state index contributed by atoms with van der Waals surface area (Å²) in [6.07, 6.45) is 8.13. The van der Waals surface area contributed by atoms with Crippen molar-refractivity contribution >= 4 is 0 Å². The van der Waals surface area contributed by atoms with E-state index >= 15 is 0 Å². The third kappa shape index (κ3) is 2.36. The molecule has 2 atom stereocenters. The molecule has 5 heterocycles. The summed E-state index contributed by atoms with van der Waals surface area (Å²) in [7, 11) is 0. The topological polar surface area (TPSA) is 91.8 Å². The Morgan fingerprint density at radius 1 is 1.19 bits per heavy atom. The minimum Gasteiger partial charge on any atom is -0.368 e. The van der Waals surface area contributed by atoms with Gasteiger partial charge in [0, 0.05) is 29.8 Å². The first-order valence-corrected chi connectivity index (χ1v) is 8.89. The van der Waals surface area contributed by atoms with Crippen LogP contribution in [0.1, 0.15) is 56.9 Å². The SMILES string of the molecule is CC(C)(C)c1nc(-c2nn(-c3cnccn3)c3c2CC2CCC3O2)no1. The number of nitrogens with zero attached hydrogens (tertiary/aromatic N) is 6. The summed E-state index contributed by atoms with van der Waals surface area (Å²) in [6, 6.07) is 0. The van der Waals surface area contributed by atoms with Crippen LogP contribution in [-0.2, 0) is 16.6 Å². The van der Waals surface area contributed by atoms with Crippen LogP contribution in [0.25, 0.3) is 17.3 Å². The van der Waals surface area contributed by atoms with Crippen LogP contribution in [0, 0.1) is 0 Å². The average molecular weight is 352 g/mol. The second kappa shape index (κ2) is 5.44. The average Bonchev–Trinajstić information content (AvgIpc) is 3.33. The molecular weight excluding hydrogens is 332 g/mol. The zero-order valence-electron chi connectivity index (χ0n) is 15.0. The minimum absolute atomic E-state index is 0.0287. The Hall–Kier alpha value is -2.61. The maximum Gasteiger partial charge on any atom is 0.232 e. The number of aromatic nitrogens is 6. The van der Waals surface area contributed by atoms with Crippen molar-refractivity contribution < 1.29 is 9.26 Å². The summed E-state index contributed by atoms with van der Waals surface area (Å²) in [5.74, 6) is 1.80. The Morgan fingerprint density at radius 3 is 2.81 bits per heavy atom. The van der Waals surface area contributed by atoms with Crippen LogP contribution in [0.15, 0.2) is 23.1 Å². The van der Waals surface area contributed by atoms with Gasteiger partial charge in [0.1, 0.15) is 11.8 Å². The van der Waals surface area contributed by atoms with Gasteiger partial charge < -0.3 is 9.26 Å². The molecule has 2 aliphatic heterocycles. The lowest BCUT2D eigenvalue weighted by molar-refractivity contribution is 0.0287. The Kier molecular flexibility index (Phi) is 3.27. The molecule has 0 aromatic carbocycles. The highest BCUT2D eigenvalue weighted by molar-refractivity contribution is 5.58. The Morgan fingerprint density at radius 2 is 2.08 bits per heavy atom. The van der Waals surface area contributed by atoms with Gasteiger partial charge >= 0.3 is 0 Å². The van der Waals surface area contributed by atoms with E-state index in [4.69, 9.17) is 14.4 Å². The third-order valence-electron chi connectivity index (χ3n) is 4.91. The number of rotatable bonds is 2. The van der Waals surface area contributed by atoms with E-state index in [-0.39, 0.29) is 17.6 Å². The van der Waals surface area contributed by atoms with Gasteiger partial charge in [-0.2, -0.15) is 10.1 Å². The lowest BCUT2D eigenvalue weighted by atomic mass is 9.97. The minimum atomic E-state index is -0.207. The summed E-state index contributed by atoms with van der Waals surface area (Å²) in [6.45, 7) is 6.14. The molecule has 1 saturated heterocycles. The van der Waals surface area contributed by atoms with Crippen LogP contribution in [0.5, 0.6) is 0 Å². The molecule has 0 saturated carbocycles. The first kappa shape index (κ1) is 15.6. The largest absolute Gasteiger partial charge is 0.368 e. The highest BCUT2D eigenvalue weighted by Crippen LogP contribution is 2.44. The molecule has 0 aliphatic carbocycles. The van der Waals surface area contributed by atoms with Crippen molar-refractivity contribution in [2.24, 2.45) is 0 Å². The molecule has 2 bridgehead atoms. The predicted octanol–water partition coefficient (Wildman–Crippen LogP) is 2.79. The molecule has 0 radical (unpaired) electrons. The zero-order chi connectivity index (χ0) is 17.9. The van der Waals surface area contributed by atoms with E-state index in [0.717, 1.165) is 36.2 Å². The summed E-state index contributed by atoms with van der Waals surface area (Å²) >= 11 is 0. The van der Waals surface area contributed by atoms with E-state index in [9.17, 15) is 0 Å². The maximum absolute atomic E-state index is 6.12. The van der Waals surface area contributed by atoms with Crippen LogP contribution in [-0.4, -0.2) is 36.0 Å². The molecule has 0 amide bonds. The fourth-order valence-corrected chi connectivity index (χ4v) is 3.66. The van der Waals surface area contributed by atoms with E-state index < -0.39 is 0 Å². The zero-order valence-corrected chi connectivity index (χ0v) is 15.0. The quantitative estimate of drug-likeness (QED) is 0.700. The van der Waals surface area contributed by atoms with Gasteiger partial charge in [-0.15, -0.1) is 0 Å². The van der Waals surface area contributed by atoms with Crippen LogP contribution < -0.4 is 0 Å². The van der Waals surface area contributed by atoms with Gasteiger partial charge in [-0.1, -0.05) is 25.9 Å². The fourth-order valence-electron chi connectivity index (χ4n) is 3.66. The van der Waals surface area contributed by atoms with Crippen molar-refractivity contribution in [1.29, 1.82) is 0 Å². The first-order chi connectivity index (χ1) is 12.5. The second-order valence-corrected chi connectivity index (χ2v) is 7.89. The molecule has 0 N–H and O–H groups in total. The van der Waals surface area contributed by atoms with Gasteiger partial charge in [-0.25, -0.2) is 9.67 Å². The van der Waals surface area contributed by atoms with E-state index in [0.29, 0.717) is 17.5 Å². The number of hydrogen-bond acceptors (Lipinski definition) is 7. The van der Waals surface area contributed by atoms with Crippen LogP contribution >= 0.6 is 0 Å². The molecule has 2 aliphatic rings. The van der Waals surface area contributed by atoms with Crippen molar-refractivity contribution in [3.05, 3.63) is 35.7 Å². The number of hydrogen-bond donors (Lipinski definition) is 0. The van der Waals surface area contributed by atoms with Crippen molar-refractivity contribution in [1.82, 2.24) is 29.9 Å².